The van der Waals surface area contributed by atoms with Crippen molar-refractivity contribution in [1.82, 2.24) is 20.3 Å². The van der Waals surface area contributed by atoms with E-state index in [2.05, 4.69) is 15.4 Å². The van der Waals surface area contributed by atoms with Gasteiger partial charge in [0.05, 0.1) is 29.6 Å². The molecule has 0 aliphatic carbocycles. The van der Waals surface area contributed by atoms with Crippen LogP contribution in [-0.2, 0) is 11.2 Å². The van der Waals surface area contributed by atoms with Crippen LogP contribution in [0.5, 0.6) is 0 Å². The number of likely N-dealkylation sites (tertiary alicyclic amines) is 1. The van der Waals surface area contributed by atoms with Crippen molar-refractivity contribution >= 4 is 5.91 Å². The molecule has 1 fully saturated rings. The highest BCUT2D eigenvalue weighted by atomic mass is 19.1. The fourth-order valence-electron chi connectivity index (χ4n) is 3.62. The summed E-state index contributed by atoms with van der Waals surface area (Å²) in [5.41, 5.74) is 3.51. The summed E-state index contributed by atoms with van der Waals surface area (Å²) in [4.78, 5) is 14.6. The van der Waals surface area contributed by atoms with Crippen molar-refractivity contribution in [1.29, 1.82) is 0 Å². The Morgan fingerprint density at radius 1 is 1.37 bits per heavy atom. The Balaban J connectivity index is 1.48. The summed E-state index contributed by atoms with van der Waals surface area (Å²) in [6, 6.07) is 7.98. The highest BCUT2D eigenvalue weighted by Crippen LogP contribution is 2.33. The van der Waals surface area contributed by atoms with Crippen LogP contribution in [0.1, 0.15) is 35.7 Å². The number of aromatic amines is 1. The maximum atomic E-state index is 13.0. The van der Waals surface area contributed by atoms with E-state index in [9.17, 15) is 9.18 Å². The van der Waals surface area contributed by atoms with E-state index in [1.165, 1.54) is 12.1 Å². The van der Waals surface area contributed by atoms with Gasteiger partial charge in [0.2, 0.25) is 5.91 Å². The van der Waals surface area contributed by atoms with Crippen molar-refractivity contribution in [3.05, 3.63) is 59.3 Å². The Kier molecular flexibility index (Phi) is 4.75. The minimum Gasteiger partial charge on any atom is -0.356 e. The molecule has 1 saturated heterocycles. The van der Waals surface area contributed by atoms with Gasteiger partial charge in [-0.05, 0) is 37.5 Å². The largest absolute Gasteiger partial charge is 0.356 e. The number of halogens is 1. The number of rotatable bonds is 4. The number of H-pyrrole nitrogens is 1. The van der Waals surface area contributed by atoms with E-state index in [-0.39, 0.29) is 24.1 Å². The van der Waals surface area contributed by atoms with Crippen molar-refractivity contribution < 1.29 is 13.7 Å². The molecule has 1 amide bonds. The van der Waals surface area contributed by atoms with Gasteiger partial charge in [-0.25, -0.2) is 4.39 Å². The molecule has 1 aliphatic heterocycles. The number of carbonyl (C=O) groups excluding carboxylic acids is 1. The molecule has 1 aromatic carbocycles. The molecule has 1 aliphatic rings. The van der Waals surface area contributed by atoms with Crippen molar-refractivity contribution in [3.63, 3.8) is 0 Å². The Labute approximate surface area is 156 Å². The monoisotopic (exact) mass is 368 g/mol. The lowest BCUT2D eigenvalue weighted by Gasteiger charge is -2.32. The van der Waals surface area contributed by atoms with Crippen molar-refractivity contribution in [2.24, 2.45) is 0 Å². The van der Waals surface area contributed by atoms with Gasteiger partial charge in [0, 0.05) is 25.1 Å². The summed E-state index contributed by atoms with van der Waals surface area (Å²) < 4.78 is 18.4. The molecule has 0 unspecified atom stereocenters. The Morgan fingerprint density at radius 3 is 2.93 bits per heavy atom. The summed E-state index contributed by atoms with van der Waals surface area (Å²) in [5, 5.41) is 11.2. The summed E-state index contributed by atoms with van der Waals surface area (Å²) in [5.74, 6) is 0.617. The van der Waals surface area contributed by atoms with Crippen LogP contribution in [0.2, 0.25) is 0 Å². The van der Waals surface area contributed by atoms with Crippen LogP contribution in [0.25, 0.3) is 11.3 Å². The SMILES string of the molecule is Cc1cc(-c2cn[nH]c2[C@H]2CCCN(C(=O)Cc3ccc(F)cc3)C2)on1. The molecule has 2 aromatic heterocycles. The summed E-state index contributed by atoms with van der Waals surface area (Å²) in [6.07, 6.45) is 3.93. The van der Waals surface area contributed by atoms with Gasteiger partial charge >= 0.3 is 0 Å². The lowest BCUT2D eigenvalue weighted by Crippen LogP contribution is -2.40. The van der Waals surface area contributed by atoms with Gasteiger partial charge in [-0.2, -0.15) is 5.10 Å². The molecule has 0 saturated carbocycles. The van der Waals surface area contributed by atoms with Crippen LogP contribution in [0.3, 0.4) is 0 Å². The van der Waals surface area contributed by atoms with E-state index >= 15 is 0 Å². The van der Waals surface area contributed by atoms with Gasteiger partial charge in [0.1, 0.15) is 5.82 Å². The molecule has 7 heteroatoms. The highest BCUT2D eigenvalue weighted by molar-refractivity contribution is 5.79. The zero-order valence-corrected chi connectivity index (χ0v) is 15.1. The maximum absolute atomic E-state index is 13.0. The first-order valence-corrected chi connectivity index (χ1v) is 9.09. The lowest BCUT2D eigenvalue weighted by atomic mass is 9.91. The van der Waals surface area contributed by atoms with E-state index in [1.54, 1.807) is 18.3 Å². The fraction of sp³-hybridized carbons (Fsp3) is 0.350. The quantitative estimate of drug-likeness (QED) is 0.765. The number of carbonyl (C=O) groups is 1. The van der Waals surface area contributed by atoms with Crippen molar-refractivity contribution in [3.8, 4) is 11.3 Å². The third-order valence-electron chi connectivity index (χ3n) is 5.01. The van der Waals surface area contributed by atoms with E-state index in [0.29, 0.717) is 12.3 Å². The van der Waals surface area contributed by atoms with E-state index < -0.39 is 0 Å². The van der Waals surface area contributed by atoms with Gasteiger partial charge in [-0.3, -0.25) is 9.89 Å². The minimum absolute atomic E-state index is 0.0582. The van der Waals surface area contributed by atoms with Gasteiger partial charge < -0.3 is 9.42 Å². The lowest BCUT2D eigenvalue weighted by molar-refractivity contribution is -0.131. The molecule has 0 radical (unpaired) electrons. The zero-order chi connectivity index (χ0) is 18.8. The second kappa shape index (κ2) is 7.34. The molecule has 1 N–H and O–H groups in total. The van der Waals surface area contributed by atoms with Crippen LogP contribution in [-0.4, -0.2) is 39.3 Å². The first-order chi connectivity index (χ1) is 13.1. The first kappa shape index (κ1) is 17.5. The maximum Gasteiger partial charge on any atom is 0.227 e. The molecule has 3 aromatic rings. The molecule has 3 heterocycles. The third-order valence-corrected chi connectivity index (χ3v) is 5.01. The number of hydrogen-bond donors (Lipinski definition) is 1. The number of amides is 1. The molecule has 27 heavy (non-hydrogen) atoms. The predicted molar refractivity (Wildman–Crippen MR) is 97.5 cm³/mol. The molecule has 1 atom stereocenters. The number of aromatic nitrogens is 3. The topological polar surface area (TPSA) is 75.0 Å². The molecular weight excluding hydrogens is 347 g/mol. The number of aryl methyl sites for hydroxylation is 1. The van der Waals surface area contributed by atoms with Gasteiger partial charge in [0.25, 0.3) is 0 Å². The Hall–Kier alpha value is -2.96. The fourth-order valence-corrected chi connectivity index (χ4v) is 3.62. The second-order valence-electron chi connectivity index (χ2n) is 7.01. The number of piperidine rings is 1. The van der Waals surface area contributed by atoms with Crippen LogP contribution >= 0.6 is 0 Å². The van der Waals surface area contributed by atoms with Gasteiger partial charge in [-0.15, -0.1) is 0 Å². The number of benzene rings is 1. The highest BCUT2D eigenvalue weighted by Gasteiger charge is 2.28. The average molecular weight is 368 g/mol. The molecule has 0 bridgehead atoms. The number of hydrogen-bond acceptors (Lipinski definition) is 4. The molecule has 6 nitrogen and oxygen atoms in total. The summed E-state index contributed by atoms with van der Waals surface area (Å²) in [6.45, 7) is 3.24. The van der Waals surface area contributed by atoms with E-state index in [4.69, 9.17) is 4.52 Å². The average Bonchev–Trinajstić information content (AvgIpc) is 3.32. The number of nitrogens with zero attached hydrogens (tertiary/aromatic N) is 3. The van der Waals surface area contributed by atoms with Crippen molar-refractivity contribution in [2.75, 3.05) is 13.1 Å². The van der Waals surface area contributed by atoms with Crippen LogP contribution in [0.4, 0.5) is 4.39 Å². The Morgan fingerprint density at radius 2 is 2.19 bits per heavy atom. The predicted octanol–water partition coefficient (Wildman–Crippen LogP) is 3.46. The molecule has 140 valence electrons. The third kappa shape index (κ3) is 3.77. The second-order valence-corrected chi connectivity index (χ2v) is 7.01. The molecule has 4 rings (SSSR count). The van der Waals surface area contributed by atoms with Gasteiger partial charge in [-0.1, -0.05) is 17.3 Å². The molecular formula is C20H21FN4O2. The molecule has 0 spiro atoms. The smallest absolute Gasteiger partial charge is 0.227 e. The summed E-state index contributed by atoms with van der Waals surface area (Å²) in [7, 11) is 0. The zero-order valence-electron chi connectivity index (χ0n) is 15.1. The van der Waals surface area contributed by atoms with E-state index in [0.717, 1.165) is 41.9 Å². The number of nitrogens with one attached hydrogen (secondary N) is 1. The van der Waals surface area contributed by atoms with Crippen LogP contribution < -0.4 is 0 Å². The van der Waals surface area contributed by atoms with Crippen molar-refractivity contribution in [2.45, 2.75) is 32.1 Å². The van der Waals surface area contributed by atoms with Crippen LogP contribution in [0.15, 0.2) is 41.1 Å². The normalized spacial score (nSPS) is 17.3. The van der Waals surface area contributed by atoms with Gasteiger partial charge in [0.15, 0.2) is 5.76 Å². The summed E-state index contributed by atoms with van der Waals surface area (Å²) >= 11 is 0. The van der Waals surface area contributed by atoms with Crippen LogP contribution in [0, 0.1) is 12.7 Å². The first-order valence-electron chi connectivity index (χ1n) is 9.09. The Bertz CT molecular complexity index is 932. The standard InChI is InChI=1S/C20H21FN4O2/c1-13-9-18(27-24-13)17-11-22-23-20(17)15-3-2-8-25(12-15)19(26)10-14-4-6-16(21)7-5-14/h4-7,9,11,15H,2-3,8,10,12H2,1H3,(H,22,23)/t15-/m0/s1. The van der Waals surface area contributed by atoms with E-state index in [1.807, 2.05) is 17.9 Å². The minimum atomic E-state index is -0.293.